The molecule has 1 aliphatic rings. The molecule has 1 unspecified atom stereocenters. The Morgan fingerprint density at radius 2 is 2.00 bits per heavy atom. The second-order valence-corrected chi connectivity index (χ2v) is 7.91. The van der Waals surface area contributed by atoms with Gasteiger partial charge in [0.05, 0.1) is 12.6 Å². The van der Waals surface area contributed by atoms with Crippen molar-refractivity contribution in [3.8, 4) is 0 Å². The van der Waals surface area contributed by atoms with Gasteiger partial charge in [-0.05, 0) is 50.9 Å². The van der Waals surface area contributed by atoms with E-state index in [1.807, 2.05) is 38.1 Å². The van der Waals surface area contributed by atoms with Gasteiger partial charge in [0.1, 0.15) is 0 Å². The van der Waals surface area contributed by atoms with Gasteiger partial charge in [-0.1, -0.05) is 30.3 Å². The summed E-state index contributed by atoms with van der Waals surface area (Å²) in [4.78, 5) is 33.3. The maximum atomic E-state index is 12.9. The summed E-state index contributed by atoms with van der Waals surface area (Å²) in [5.41, 5.74) is 1.88. The van der Waals surface area contributed by atoms with Crippen LogP contribution in [-0.2, 0) is 16.0 Å². The van der Waals surface area contributed by atoms with Crippen molar-refractivity contribution in [1.82, 2.24) is 19.9 Å². The van der Waals surface area contributed by atoms with E-state index in [4.69, 9.17) is 4.52 Å². The predicted octanol–water partition coefficient (Wildman–Crippen LogP) is 2.61. The van der Waals surface area contributed by atoms with Crippen LogP contribution in [0, 0.1) is 6.92 Å². The lowest BCUT2D eigenvalue weighted by Gasteiger charge is -2.35. The molecule has 0 saturated carbocycles. The number of likely N-dealkylation sites (tertiary alicyclic amines) is 1. The molecule has 1 aromatic carbocycles. The van der Waals surface area contributed by atoms with Crippen LogP contribution in [0.1, 0.15) is 49.9 Å². The SMILES string of the molecule is CCc1ccccc1NC(=O)CN(C)C(=O)C(C)N1CCC(c2noc(C)n2)CC1. The van der Waals surface area contributed by atoms with Gasteiger partial charge < -0.3 is 14.7 Å². The molecule has 1 aromatic heterocycles. The Balaban J connectivity index is 1.50. The quantitative estimate of drug-likeness (QED) is 0.750. The number of rotatable bonds is 7. The number of aryl methyl sites for hydroxylation is 2. The van der Waals surface area contributed by atoms with Crippen LogP contribution in [0.3, 0.4) is 0 Å². The highest BCUT2D eigenvalue weighted by Gasteiger charge is 2.30. The van der Waals surface area contributed by atoms with Gasteiger partial charge in [-0.2, -0.15) is 4.98 Å². The lowest BCUT2D eigenvalue weighted by Crippen LogP contribution is -2.49. The first-order valence-corrected chi connectivity index (χ1v) is 10.6. The van der Waals surface area contributed by atoms with Crippen molar-refractivity contribution in [1.29, 1.82) is 0 Å². The normalized spacial score (nSPS) is 16.3. The lowest BCUT2D eigenvalue weighted by atomic mass is 9.95. The zero-order valence-corrected chi connectivity index (χ0v) is 18.2. The molecule has 3 rings (SSSR count). The van der Waals surface area contributed by atoms with Gasteiger partial charge in [0.15, 0.2) is 5.82 Å². The van der Waals surface area contributed by atoms with E-state index in [2.05, 4.69) is 20.4 Å². The molecule has 0 aliphatic carbocycles. The number of anilines is 1. The summed E-state index contributed by atoms with van der Waals surface area (Å²) < 4.78 is 5.08. The highest BCUT2D eigenvalue weighted by molar-refractivity contribution is 5.95. The standard InChI is InChI=1S/C22H31N5O3/c1-5-17-8-6-7-9-19(17)24-20(28)14-26(4)22(29)15(2)27-12-10-18(11-13-27)21-23-16(3)30-25-21/h6-9,15,18H,5,10-14H2,1-4H3,(H,24,28). The number of para-hydroxylation sites is 1. The maximum absolute atomic E-state index is 12.9. The first kappa shape index (κ1) is 22.0. The van der Waals surface area contributed by atoms with Gasteiger partial charge in [0.25, 0.3) is 0 Å². The number of carbonyl (C=O) groups excluding carboxylic acids is 2. The van der Waals surface area contributed by atoms with Crippen molar-refractivity contribution in [3.63, 3.8) is 0 Å². The van der Waals surface area contributed by atoms with E-state index in [0.29, 0.717) is 5.89 Å². The Labute approximate surface area is 177 Å². The largest absolute Gasteiger partial charge is 0.340 e. The molecule has 0 spiro atoms. The number of hydrogen-bond acceptors (Lipinski definition) is 6. The molecule has 1 saturated heterocycles. The van der Waals surface area contributed by atoms with E-state index >= 15 is 0 Å². The predicted molar refractivity (Wildman–Crippen MR) is 114 cm³/mol. The molecule has 1 aliphatic heterocycles. The minimum absolute atomic E-state index is 0.0276. The van der Waals surface area contributed by atoms with Crippen LogP contribution >= 0.6 is 0 Å². The lowest BCUT2D eigenvalue weighted by molar-refractivity contribution is -0.138. The van der Waals surface area contributed by atoms with Crippen molar-refractivity contribution < 1.29 is 14.1 Å². The number of carbonyl (C=O) groups is 2. The fraction of sp³-hybridized carbons (Fsp3) is 0.545. The smallest absolute Gasteiger partial charge is 0.243 e. The molecule has 0 bridgehead atoms. The Kier molecular flexibility index (Phi) is 7.20. The van der Waals surface area contributed by atoms with Crippen molar-refractivity contribution in [3.05, 3.63) is 41.5 Å². The van der Waals surface area contributed by atoms with E-state index in [1.165, 1.54) is 4.90 Å². The van der Waals surface area contributed by atoms with Gasteiger partial charge in [0, 0.05) is 25.6 Å². The van der Waals surface area contributed by atoms with Crippen molar-refractivity contribution in [2.24, 2.45) is 0 Å². The average molecular weight is 414 g/mol. The topological polar surface area (TPSA) is 91.6 Å². The Hall–Kier alpha value is -2.74. The highest BCUT2D eigenvalue weighted by Crippen LogP contribution is 2.27. The minimum atomic E-state index is -0.279. The number of nitrogens with zero attached hydrogens (tertiary/aromatic N) is 4. The minimum Gasteiger partial charge on any atom is -0.340 e. The fourth-order valence-electron chi connectivity index (χ4n) is 3.93. The number of benzene rings is 1. The van der Waals surface area contributed by atoms with Gasteiger partial charge in [-0.3, -0.25) is 14.5 Å². The first-order valence-electron chi connectivity index (χ1n) is 10.6. The molecule has 2 amide bonds. The average Bonchev–Trinajstić information content (AvgIpc) is 3.19. The molecule has 2 heterocycles. The molecule has 1 atom stereocenters. The number of amides is 2. The Morgan fingerprint density at radius 3 is 2.63 bits per heavy atom. The molecule has 8 heteroatoms. The zero-order valence-electron chi connectivity index (χ0n) is 18.2. The number of piperidine rings is 1. The molecule has 8 nitrogen and oxygen atoms in total. The second-order valence-electron chi connectivity index (χ2n) is 7.91. The molecule has 1 N–H and O–H groups in total. The van der Waals surface area contributed by atoms with Crippen molar-refractivity contribution >= 4 is 17.5 Å². The zero-order chi connectivity index (χ0) is 21.7. The number of aromatic nitrogens is 2. The third-order valence-corrected chi connectivity index (χ3v) is 5.77. The first-order chi connectivity index (χ1) is 14.4. The van der Waals surface area contributed by atoms with Gasteiger partial charge in [0.2, 0.25) is 17.7 Å². The monoisotopic (exact) mass is 413 g/mol. The third-order valence-electron chi connectivity index (χ3n) is 5.77. The number of nitrogens with one attached hydrogen (secondary N) is 1. The molecule has 30 heavy (non-hydrogen) atoms. The second kappa shape index (κ2) is 9.84. The van der Waals surface area contributed by atoms with Gasteiger partial charge in [-0.15, -0.1) is 0 Å². The summed E-state index contributed by atoms with van der Waals surface area (Å²) in [7, 11) is 1.68. The van der Waals surface area contributed by atoms with Gasteiger partial charge >= 0.3 is 0 Å². The van der Waals surface area contributed by atoms with E-state index < -0.39 is 0 Å². The van der Waals surface area contributed by atoms with Crippen LogP contribution in [0.5, 0.6) is 0 Å². The van der Waals surface area contributed by atoms with Gasteiger partial charge in [-0.25, -0.2) is 0 Å². The summed E-state index contributed by atoms with van der Waals surface area (Å²) in [5, 5.41) is 6.95. The number of hydrogen-bond donors (Lipinski definition) is 1. The van der Waals surface area contributed by atoms with E-state index in [-0.39, 0.29) is 30.3 Å². The Morgan fingerprint density at radius 1 is 1.30 bits per heavy atom. The molecule has 162 valence electrons. The van der Waals surface area contributed by atoms with Crippen LogP contribution < -0.4 is 5.32 Å². The molecular weight excluding hydrogens is 382 g/mol. The summed E-state index contributed by atoms with van der Waals surface area (Å²) in [5.74, 6) is 1.36. The summed E-state index contributed by atoms with van der Waals surface area (Å²) in [6, 6.07) is 7.45. The number of likely N-dealkylation sites (N-methyl/N-ethyl adjacent to an activating group) is 1. The van der Waals surface area contributed by atoms with E-state index in [0.717, 1.165) is 49.4 Å². The van der Waals surface area contributed by atoms with Crippen LogP contribution in [0.25, 0.3) is 0 Å². The fourth-order valence-corrected chi connectivity index (χ4v) is 3.93. The van der Waals surface area contributed by atoms with Crippen LogP contribution in [0.4, 0.5) is 5.69 Å². The van der Waals surface area contributed by atoms with Crippen molar-refractivity contribution in [2.75, 3.05) is 32.0 Å². The summed E-state index contributed by atoms with van der Waals surface area (Å²) in [6.45, 7) is 7.34. The molecule has 0 radical (unpaired) electrons. The summed E-state index contributed by atoms with van der Waals surface area (Å²) >= 11 is 0. The third kappa shape index (κ3) is 5.24. The molecule has 2 aromatic rings. The van der Waals surface area contributed by atoms with Crippen LogP contribution in [-0.4, -0.2) is 64.5 Å². The molecule has 1 fully saturated rings. The maximum Gasteiger partial charge on any atom is 0.243 e. The van der Waals surface area contributed by atoms with Crippen molar-refractivity contribution in [2.45, 2.75) is 52.0 Å². The highest BCUT2D eigenvalue weighted by atomic mass is 16.5. The molecular formula is C22H31N5O3. The summed E-state index contributed by atoms with van der Waals surface area (Å²) in [6.07, 6.45) is 2.60. The van der Waals surface area contributed by atoms with E-state index in [1.54, 1.807) is 14.0 Å². The van der Waals surface area contributed by atoms with Crippen LogP contribution in [0.15, 0.2) is 28.8 Å². The Bertz CT molecular complexity index is 873. The van der Waals surface area contributed by atoms with E-state index in [9.17, 15) is 9.59 Å². The van der Waals surface area contributed by atoms with Crippen LogP contribution in [0.2, 0.25) is 0 Å².